The molecule has 3 N–H and O–H groups in total. The lowest BCUT2D eigenvalue weighted by Crippen LogP contribution is -2.36. The Morgan fingerprint density at radius 1 is 1.09 bits per heavy atom. The van der Waals surface area contributed by atoms with Crippen LogP contribution >= 0.6 is 0 Å². The first-order chi connectivity index (χ1) is 16.6. The molecule has 34 heavy (non-hydrogen) atoms. The molecule has 1 saturated heterocycles. The summed E-state index contributed by atoms with van der Waals surface area (Å²) in [5.41, 5.74) is 3.16. The third-order valence-corrected chi connectivity index (χ3v) is 5.62. The predicted octanol–water partition coefficient (Wildman–Crippen LogP) is 3.52. The highest BCUT2D eigenvalue weighted by molar-refractivity contribution is 5.95. The minimum atomic E-state index is -0.219. The lowest BCUT2D eigenvalue weighted by molar-refractivity contribution is -0.114. The zero-order chi connectivity index (χ0) is 23.5. The lowest BCUT2D eigenvalue weighted by atomic mass is 10.1. The summed E-state index contributed by atoms with van der Waals surface area (Å²) in [7, 11) is 0. The van der Waals surface area contributed by atoms with Gasteiger partial charge >= 0.3 is 0 Å². The second-order valence-corrected chi connectivity index (χ2v) is 8.01. The topological polar surface area (TPSA) is 112 Å². The molecule has 0 atom stereocenters. The Bertz CT molecular complexity index is 1380. The number of carbonyl (C=O) groups is 1. The van der Waals surface area contributed by atoms with Crippen LogP contribution in [-0.4, -0.2) is 47.2 Å². The fourth-order valence-corrected chi connectivity index (χ4v) is 3.97. The Labute approximate surface area is 195 Å². The van der Waals surface area contributed by atoms with E-state index in [1.54, 1.807) is 18.5 Å². The number of fused-ring (bicyclic) bond motifs is 1. The summed E-state index contributed by atoms with van der Waals surface area (Å²) in [5.74, 6) is 0.737. The number of ether oxygens (including phenoxy) is 1. The van der Waals surface area contributed by atoms with E-state index in [-0.39, 0.29) is 11.5 Å². The number of nitrogens with zero attached hydrogens (tertiary/aromatic N) is 3. The number of rotatable bonds is 5. The van der Waals surface area contributed by atoms with Crippen LogP contribution in [0.5, 0.6) is 0 Å². The van der Waals surface area contributed by atoms with Crippen LogP contribution in [0.25, 0.3) is 22.0 Å². The quantitative estimate of drug-likeness (QED) is 0.421. The highest BCUT2D eigenvalue weighted by atomic mass is 16.5. The monoisotopic (exact) mass is 456 g/mol. The number of pyridine rings is 3. The van der Waals surface area contributed by atoms with E-state index in [4.69, 9.17) is 9.72 Å². The Morgan fingerprint density at radius 3 is 2.59 bits per heavy atom. The Morgan fingerprint density at radius 2 is 1.88 bits per heavy atom. The van der Waals surface area contributed by atoms with Gasteiger partial charge in [0.2, 0.25) is 5.91 Å². The Hall–Kier alpha value is -4.24. The minimum Gasteiger partial charge on any atom is -0.378 e. The zero-order valence-corrected chi connectivity index (χ0v) is 18.7. The molecule has 9 heteroatoms. The van der Waals surface area contributed by atoms with Crippen molar-refractivity contribution in [3.63, 3.8) is 0 Å². The van der Waals surface area contributed by atoms with Crippen LogP contribution < -0.4 is 21.1 Å². The van der Waals surface area contributed by atoms with Crippen LogP contribution in [-0.2, 0) is 9.53 Å². The van der Waals surface area contributed by atoms with Crippen molar-refractivity contribution in [1.29, 1.82) is 0 Å². The molecule has 5 rings (SSSR count). The van der Waals surface area contributed by atoms with Crippen molar-refractivity contribution in [1.82, 2.24) is 15.0 Å². The van der Waals surface area contributed by atoms with E-state index < -0.39 is 0 Å². The average Bonchev–Trinajstić information content (AvgIpc) is 2.85. The number of anilines is 4. The second kappa shape index (κ2) is 9.32. The SMILES string of the molecule is CC(=O)Nc1ccc(-c2cc3cc[nH]c(=O)c3c(Nc3ccc(N4CCOCC4)cc3)n2)cn1. The molecule has 1 fully saturated rings. The van der Waals surface area contributed by atoms with Crippen molar-refractivity contribution in [3.05, 3.63) is 71.3 Å². The summed E-state index contributed by atoms with van der Waals surface area (Å²) in [6.07, 6.45) is 3.26. The number of aromatic nitrogens is 3. The van der Waals surface area contributed by atoms with Gasteiger partial charge in [-0.1, -0.05) is 0 Å². The van der Waals surface area contributed by atoms with Crippen LogP contribution in [0.1, 0.15) is 6.92 Å². The summed E-state index contributed by atoms with van der Waals surface area (Å²) in [4.78, 5) is 37.9. The average molecular weight is 457 g/mol. The van der Waals surface area contributed by atoms with Crippen LogP contribution in [0.15, 0.2) is 65.7 Å². The summed E-state index contributed by atoms with van der Waals surface area (Å²) >= 11 is 0. The Balaban J connectivity index is 1.48. The molecule has 4 aromatic rings. The van der Waals surface area contributed by atoms with Gasteiger partial charge in [-0.15, -0.1) is 0 Å². The van der Waals surface area contributed by atoms with Crippen LogP contribution in [0.2, 0.25) is 0 Å². The fraction of sp³-hybridized carbons (Fsp3) is 0.200. The van der Waals surface area contributed by atoms with Crippen molar-refractivity contribution in [2.24, 2.45) is 0 Å². The number of nitrogens with one attached hydrogen (secondary N) is 3. The summed E-state index contributed by atoms with van der Waals surface area (Å²) in [6.45, 7) is 4.62. The third kappa shape index (κ3) is 4.60. The number of hydrogen-bond donors (Lipinski definition) is 3. The summed E-state index contributed by atoms with van der Waals surface area (Å²) in [5, 5.41) is 7.20. The molecule has 4 heterocycles. The maximum Gasteiger partial charge on any atom is 0.259 e. The molecule has 1 amide bonds. The van der Waals surface area contributed by atoms with Crippen molar-refractivity contribution in [2.45, 2.75) is 6.92 Å². The van der Waals surface area contributed by atoms with E-state index in [9.17, 15) is 9.59 Å². The number of amides is 1. The highest BCUT2D eigenvalue weighted by Crippen LogP contribution is 2.29. The van der Waals surface area contributed by atoms with Gasteiger partial charge in [-0.2, -0.15) is 0 Å². The third-order valence-electron chi connectivity index (χ3n) is 5.62. The van der Waals surface area contributed by atoms with Crippen LogP contribution in [0.3, 0.4) is 0 Å². The first kappa shape index (κ1) is 21.6. The zero-order valence-electron chi connectivity index (χ0n) is 18.7. The van der Waals surface area contributed by atoms with Crippen LogP contribution in [0.4, 0.5) is 23.0 Å². The van der Waals surface area contributed by atoms with E-state index in [0.29, 0.717) is 22.7 Å². The fourth-order valence-electron chi connectivity index (χ4n) is 3.97. The molecule has 1 aromatic carbocycles. The summed E-state index contributed by atoms with van der Waals surface area (Å²) in [6, 6.07) is 15.3. The van der Waals surface area contributed by atoms with Gasteiger partial charge in [-0.25, -0.2) is 9.97 Å². The molecule has 0 aliphatic carbocycles. The number of benzene rings is 1. The maximum atomic E-state index is 12.6. The lowest BCUT2D eigenvalue weighted by Gasteiger charge is -2.28. The van der Waals surface area contributed by atoms with Gasteiger partial charge in [0.25, 0.3) is 5.56 Å². The normalized spacial score (nSPS) is 13.6. The first-order valence-corrected chi connectivity index (χ1v) is 11.0. The number of carbonyl (C=O) groups excluding carboxylic acids is 1. The predicted molar refractivity (Wildman–Crippen MR) is 133 cm³/mol. The molecule has 3 aromatic heterocycles. The largest absolute Gasteiger partial charge is 0.378 e. The second-order valence-electron chi connectivity index (χ2n) is 8.01. The smallest absolute Gasteiger partial charge is 0.259 e. The number of hydrogen-bond acceptors (Lipinski definition) is 7. The number of H-pyrrole nitrogens is 1. The van der Waals surface area contributed by atoms with Crippen molar-refractivity contribution < 1.29 is 9.53 Å². The van der Waals surface area contributed by atoms with Crippen molar-refractivity contribution >= 4 is 39.7 Å². The van der Waals surface area contributed by atoms with Gasteiger partial charge < -0.3 is 25.3 Å². The molecule has 0 bridgehead atoms. The highest BCUT2D eigenvalue weighted by Gasteiger charge is 2.14. The molecule has 9 nitrogen and oxygen atoms in total. The van der Waals surface area contributed by atoms with E-state index in [1.165, 1.54) is 6.92 Å². The van der Waals surface area contributed by atoms with Gasteiger partial charge in [0, 0.05) is 49.3 Å². The van der Waals surface area contributed by atoms with Gasteiger partial charge in [0.15, 0.2) is 0 Å². The first-order valence-electron chi connectivity index (χ1n) is 11.0. The molecule has 0 radical (unpaired) electrons. The van der Waals surface area contributed by atoms with Gasteiger partial charge in [0.05, 0.1) is 24.3 Å². The van der Waals surface area contributed by atoms with E-state index in [2.05, 4.69) is 37.6 Å². The minimum absolute atomic E-state index is 0.186. The molecule has 1 aliphatic rings. The molecular formula is C25H24N6O3. The maximum absolute atomic E-state index is 12.6. The van der Waals surface area contributed by atoms with Crippen molar-refractivity contribution in [3.8, 4) is 11.3 Å². The van der Waals surface area contributed by atoms with E-state index in [1.807, 2.05) is 30.3 Å². The molecule has 0 saturated carbocycles. The molecule has 0 unspecified atom stereocenters. The summed E-state index contributed by atoms with van der Waals surface area (Å²) < 4.78 is 5.43. The number of aromatic amines is 1. The van der Waals surface area contributed by atoms with Gasteiger partial charge in [-0.05, 0) is 53.9 Å². The van der Waals surface area contributed by atoms with Crippen LogP contribution in [0, 0.1) is 0 Å². The van der Waals surface area contributed by atoms with E-state index in [0.717, 1.165) is 48.6 Å². The van der Waals surface area contributed by atoms with Gasteiger partial charge in [0.1, 0.15) is 11.6 Å². The number of morpholine rings is 1. The molecular weight excluding hydrogens is 432 g/mol. The molecule has 1 aliphatic heterocycles. The standard InChI is InChI=1S/C25H24N6O3/c1-16(32)28-22-7-2-18(15-27-22)21-14-17-8-9-26-25(33)23(17)24(30-21)29-19-3-5-20(6-4-19)31-10-12-34-13-11-31/h2-9,14-15H,10-13H2,1H3,(H,26,33)(H,29,30)(H,27,28,32). The van der Waals surface area contributed by atoms with E-state index >= 15 is 0 Å². The molecule has 172 valence electrons. The molecule has 0 spiro atoms. The van der Waals surface area contributed by atoms with Gasteiger partial charge in [-0.3, -0.25) is 9.59 Å². The van der Waals surface area contributed by atoms with Crippen molar-refractivity contribution in [2.75, 3.05) is 41.8 Å². The Kier molecular flexibility index (Phi) is 5.92.